The fourth-order valence-electron chi connectivity index (χ4n) is 2.97. The Morgan fingerprint density at radius 3 is 2.96 bits per heavy atom. The number of benzene rings is 2. The van der Waals surface area contributed by atoms with Gasteiger partial charge in [0.15, 0.2) is 6.61 Å². The number of amides is 1. The molecule has 2 aromatic carbocycles. The molecule has 2 N–H and O–H groups in total. The van der Waals surface area contributed by atoms with Crippen molar-refractivity contribution in [2.24, 2.45) is 0 Å². The average molecular weight is 307 g/mol. The first-order valence-electron chi connectivity index (χ1n) is 7.77. The maximum atomic E-state index is 12.0. The standard InChI is InChI=1S/C18H17N3O2/c22-17(21-18-19-15-6-1-2-7-16(15)20-18)11-23-14-9-8-12-4-3-5-13(12)10-14/h1-2,6-10H,3-5,11H2,(H2,19,20,21,22). The molecule has 0 atom stereocenters. The average Bonchev–Trinajstić information content (AvgIpc) is 3.18. The molecule has 3 aromatic rings. The molecule has 0 saturated carbocycles. The first kappa shape index (κ1) is 13.8. The second-order valence-electron chi connectivity index (χ2n) is 5.72. The number of H-pyrrole nitrogens is 1. The van der Waals surface area contributed by atoms with E-state index >= 15 is 0 Å². The highest BCUT2D eigenvalue weighted by Crippen LogP contribution is 2.26. The Hall–Kier alpha value is -2.82. The highest BCUT2D eigenvalue weighted by molar-refractivity contribution is 5.92. The molecule has 0 aliphatic heterocycles. The third kappa shape index (κ3) is 2.90. The number of carbonyl (C=O) groups is 1. The van der Waals surface area contributed by atoms with Gasteiger partial charge in [-0.15, -0.1) is 0 Å². The van der Waals surface area contributed by atoms with Crippen LogP contribution >= 0.6 is 0 Å². The van der Waals surface area contributed by atoms with Crippen LogP contribution in [0.4, 0.5) is 5.95 Å². The molecule has 0 spiro atoms. The van der Waals surface area contributed by atoms with E-state index in [0.717, 1.165) is 29.6 Å². The number of hydrogen-bond donors (Lipinski definition) is 2. The Balaban J connectivity index is 1.38. The number of hydrogen-bond acceptors (Lipinski definition) is 3. The summed E-state index contributed by atoms with van der Waals surface area (Å²) >= 11 is 0. The number of carbonyl (C=O) groups excluding carboxylic acids is 1. The maximum absolute atomic E-state index is 12.0. The van der Waals surface area contributed by atoms with Crippen LogP contribution in [0.15, 0.2) is 42.5 Å². The SMILES string of the molecule is O=C(COc1ccc2c(c1)CCC2)Nc1nc2ccccc2[nH]1. The molecule has 4 rings (SSSR count). The molecule has 0 bridgehead atoms. The van der Waals surface area contributed by atoms with Crippen molar-refractivity contribution in [3.63, 3.8) is 0 Å². The fourth-order valence-corrected chi connectivity index (χ4v) is 2.97. The zero-order valence-electron chi connectivity index (χ0n) is 12.6. The van der Waals surface area contributed by atoms with Crippen LogP contribution in [0.25, 0.3) is 11.0 Å². The summed E-state index contributed by atoms with van der Waals surface area (Å²) in [5, 5.41) is 2.72. The predicted octanol–water partition coefficient (Wildman–Crippen LogP) is 3.07. The van der Waals surface area contributed by atoms with Gasteiger partial charge in [-0.05, 0) is 54.7 Å². The Morgan fingerprint density at radius 2 is 2.04 bits per heavy atom. The van der Waals surface area contributed by atoms with Crippen LogP contribution in [0.1, 0.15) is 17.5 Å². The van der Waals surface area contributed by atoms with Crippen molar-refractivity contribution in [1.82, 2.24) is 9.97 Å². The first-order valence-corrected chi connectivity index (χ1v) is 7.77. The van der Waals surface area contributed by atoms with E-state index in [-0.39, 0.29) is 12.5 Å². The van der Waals surface area contributed by atoms with Gasteiger partial charge in [0, 0.05) is 0 Å². The quantitative estimate of drug-likeness (QED) is 0.778. The zero-order chi connectivity index (χ0) is 15.6. The summed E-state index contributed by atoms with van der Waals surface area (Å²) < 4.78 is 5.59. The molecule has 5 nitrogen and oxygen atoms in total. The van der Waals surface area contributed by atoms with Crippen LogP contribution in [-0.2, 0) is 17.6 Å². The minimum absolute atomic E-state index is 0.0319. The van der Waals surface area contributed by atoms with Crippen LogP contribution < -0.4 is 10.1 Å². The summed E-state index contributed by atoms with van der Waals surface area (Å²) in [5.41, 5.74) is 4.44. The molecule has 1 aliphatic rings. The highest BCUT2D eigenvalue weighted by atomic mass is 16.5. The molecule has 23 heavy (non-hydrogen) atoms. The number of fused-ring (bicyclic) bond motifs is 2. The molecule has 1 aliphatic carbocycles. The van der Waals surface area contributed by atoms with Gasteiger partial charge in [0.25, 0.3) is 5.91 Å². The summed E-state index contributed by atoms with van der Waals surface area (Å²) in [6.07, 6.45) is 3.44. The lowest BCUT2D eigenvalue weighted by Crippen LogP contribution is -2.20. The smallest absolute Gasteiger partial charge is 0.264 e. The minimum atomic E-state index is -0.232. The van der Waals surface area contributed by atoms with E-state index in [4.69, 9.17) is 4.74 Å². The van der Waals surface area contributed by atoms with Crippen molar-refractivity contribution in [1.29, 1.82) is 0 Å². The lowest BCUT2D eigenvalue weighted by Gasteiger charge is -2.07. The number of aromatic amines is 1. The Morgan fingerprint density at radius 1 is 1.17 bits per heavy atom. The number of nitrogens with zero attached hydrogens (tertiary/aromatic N) is 1. The number of anilines is 1. The van der Waals surface area contributed by atoms with Crippen molar-refractivity contribution in [3.8, 4) is 5.75 Å². The van der Waals surface area contributed by atoms with Gasteiger partial charge in [-0.25, -0.2) is 4.98 Å². The summed E-state index contributed by atoms with van der Waals surface area (Å²) in [6.45, 7) is -0.0319. The molecule has 5 heteroatoms. The van der Waals surface area contributed by atoms with Crippen LogP contribution in [0, 0.1) is 0 Å². The number of nitrogens with one attached hydrogen (secondary N) is 2. The summed E-state index contributed by atoms with van der Waals surface area (Å²) in [7, 11) is 0. The van der Waals surface area contributed by atoms with Crippen LogP contribution in [0.2, 0.25) is 0 Å². The van der Waals surface area contributed by atoms with Gasteiger partial charge in [0.05, 0.1) is 11.0 Å². The summed E-state index contributed by atoms with van der Waals surface area (Å²) in [5.74, 6) is 0.948. The molecule has 1 aromatic heterocycles. The van der Waals surface area contributed by atoms with E-state index in [1.54, 1.807) is 0 Å². The first-order chi connectivity index (χ1) is 11.3. The largest absolute Gasteiger partial charge is 0.484 e. The number of aromatic nitrogens is 2. The molecule has 0 saturated heterocycles. The monoisotopic (exact) mass is 307 g/mol. The predicted molar refractivity (Wildman–Crippen MR) is 88.7 cm³/mol. The van der Waals surface area contributed by atoms with Gasteiger partial charge in [-0.3, -0.25) is 10.1 Å². The van der Waals surface area contributed by atoms with Gasteiger partial charge >= 0.3 is 0 Å². The normalized spacial score (nSPS) is 13.0. The Kier molecular flexibility index (Phi) is 3.46. The lowest BCUT2D eigenvalue weighted by molar-refractivity contribution is -0.118. The van der Waals surface area contributed by atoms with Gasteiger partial charge in [-0.2, -0.15) is 0 Å². The number of imidazole rings is 1. The second kappa shape index (κ2) is 5.76. The molecule has 1 amide bonds. The Labute approximate surface area is 133 Å². The van der Waals surface area contributed by atoms with E-state index < -0.39 is 0 Å². The van der Waals surface area contributed by atoms with Crippen LogP contribution in [0.5, 0.6) is 5.75 Å². The molecule has 0 radical (unpaired) electrons. The van der Waals surface area contributed by atoms with Gasteiger partial charge in [-0.1, -0.05) is 18.2 Å². The third-order valence-corrected chi connectivity index (χ3v) is 4.09. The second-order valence-corrected chi connectivity index (χ2v) is 5.72. The van der Waals surface area contributed by atoms with Crippen molar-refractivity contribution in [2.45, 2.75) is 19.3 Å². The molecule has 116 valence electrons. The number of ether oxygens (including phenoxy) is 1. The summed E-state index contributed by atoms with van der Waals surface area (Å²) in [6, 6.07) is 13.7. The van der Waals surface area contributed by atoms with E-state index in [1.807, 2.05) is 36.4 Å². The number of aryl methyl sites for hydroxylation is 2. The molecular formula is C18H17N3O2. The van der Waals surface area contributed by atoms with Crippen molar-refractivity contribution in [3.05, 3.63) is 53.6 Å². The van der Waals surface area contributed by atoms with Crippen LogP contribution in [-0.4, -0.2) is 22.5 Å². The van der Waals surface area contributed by atoms with E-state index in [9.17, 15) is 4.79 Å². The van der Waals surface area contributed by atoms with Crippen molar-refractivity contribution >= 4 is 22.9 Å². The van der Waals surface area contributed by atoms with E-state index in [0.29, 0.717) is 5.95 Å². The maximum Gasteiger partial charge on any atom is 0.264 e. The lowest BCUT2D eigenvalue weighted by atomic mass is 10.1. The van der Waals surface area contributed by atoms with E-state index in [2.05, 4.69) is 21.4 Å². The number of rotatable bonds is 4. The van der Waals surface area contributed by atoms with Gasteiger partial charge < -0.3 is 9.72 Å². The molecular weight excluding hydrogens is 290 g/mol. The van der Waals surface area contributed by atoms with Crippen LogP contribution in [0.3, 0.4) is 0 Å². The molecule has 0 unspecified atom stereocenters. The van der Waals surface area contributed by atoms with Gasteiger partial charge in [0.2, 0.25) is 5.95 Å². The van der Waals surface area contributed by atoms with Crippen molar-refractivity contribution < 1.29 is 9.53 Å². The van der Waals surface area contributed by atoms with Gasteiger partial charge in [0.1, 0.15) is 5.75 Å². The fraction of sp³-hybridized carbons (Fsp3) is 0.222. The van der Waals surface area contributed by atoms with E-state index in [1.165, 1.54) is 17.5 Å². The minimum Gasteiger partial charge on any atom is -0.484 e. The topological polar surface area (TPSA) is 67.0 Å². The molecule has 1 heterocycles. The zero-order valence-corrected chi connectivity index (χ0v) is 12.6. The third-order valence-electron chi connectivity index (χ3n) is 4.09. The Bertz CT molecular complexity index is 837. The highest BCUT2D eigenvalue weighted by Gasteiger charge is 2.12. The van der Waals surface area contributed by atoms with Crippen molar-refractivity contribution in [2.75, 3.05) is 11.9 Å². The molecule has 0 fully saturated rings. The number of para-hydroxylation sites is 2. The summed E-state index contributed by atoms with van der Waals surface area (Å²) in [4.78, 5) is 19.4.